The highest BCUT2D eigenvalue weighted by molar-refractivity contribution is 6.51. The molecule has 1 N–H and O–H groups in total. The fourth-order valence-corrected chi connectivity index (χ4v) is 4.03. The number of oxime groups is 1. The van der Waals surface area contributed by atoms with Gasteiger partial charge < -0.3 is 14.4 Å². The molecular formula is C23H26Cl2N2O4. The number of benzene rings is 2. The second-order valence-corrected chi connectivity index (χ2v) is 9.06. The predicted octanol–water partition coefficient (Wildman–Crippen LogP) is 4.96. The largest absolute Gasteiger partial charge is 0.468 e. The van der Waals surface area contributed by atoms with Crippen LogP contribution in [-0.2, 0) is 25.8 Å². The molecule has 8 heteroatoms. The lowest BCUT2D eigenvalue weighted by molar-refractivity contribution is -0.147. The first-order valence-corrected chi connectivity index (χ1v) is 10.6. The number of ether oxygens (including phenoxy) is 1. The molecule has 2 aromatic carbocycles. The third kappa shape index (κ3) is 5.57. The summed E-state index contributed by atoms with van der Waals surface area (Å²) >= 11 is 12.4. The molecule has 0 radical (unpaired) electrons. The Morgan fingerprint density at radius 1 is 1.26 bits per heavy atom. The molecule has 0 bridgehead atoms. The van der Waals surface area contributed by atoms with Gasteiger partial charge in [0.25, 0.3) is 0 Å². The van der Waals surface area contributed by atoms with Gasteiger partial charge in [-0.2, -0.15) is 5.48 Å². The minimum atomic E-state index is -0.778. The van der Waals surface area contributed by atoms with Crippen molar-refractivity contribution in [3.8, 4) is 0 Å². The first-order chi connectivity index (χ1) is 14.8. The molecule has 0 spiro atoms. The molecule has 3 rings (SSSR count). The van der Waals surface area contributed by atoms with E-state index in [-0.39, 0.29) is 12.5 Å². The first kappa shape index (κ1) is 23.5. The molecule has 1 saturated carbocycles. The van der Waals surface area contributed by atoms with E-state index in [2.05, 4.69) is 10.6 Å². The van der Waals surface area contributed by atoms with E-state index < -0.39 is 16.3 Å². The third-order valence-electron chi connectivity index (χ3n) is 5.37. The molecule has 1 aliphatic carbocycles. The number of nitrogens with zero attached hydrogens (tertiary/aromatic N) is 1. The quantitative estimate of drug-likeness (QED) is 0.245. The molecule has 0 aromatic heterocycles. The van der Waals surface area contributed by atoms with Crippen LogP contribution in [0, 0.1) is 6.92 Å². The predicted molar refractivity (Wildman–Crippen MR) is 121 cm³/mol. The number of esters is 1. The minimum absolute atomic E-state index is 0.141. The van der Waals surface area contributed by atoms with Gasteiger partial charge >= 0.3 is 5.97 Å². The van der Waals surface area contributed by atoms with Crippen LogP contribution in [0.15, 0.2) is 47.6 Å². The van der Waals surface area contributed by atoms with Crippen LogP contribution in [0.4, 0.5) is 0 Å². The zero-order valence-electron chi connectivity index (χ0n) is 17.9. The average molecular weight is 465 g/mol. The lowest BCUT2D eigenvalue weighted by Crippen LogP contribution is -2.30. The van der Waals surface area contributed by atoms with Crippen molar-refractivity contribution >= 4 is 34.9 Å². The Morgan fingerprint density at radius 2 is 1.97 bits per heavy atom. The Morgan fingerprint density at radius 3 is 2.61 bits per heavy atom. The van der Waals surface area contributed by atoms with Crippen molar-refractivity contribution in [1.29, 1.82) is 0 Å². The number of methoxy groups -OCH3 is 1. The number of hydroxylamine groups is 1. The summed E-state index contributed by atoms with van der Waals surface area (Å²) < 4.78 is 4.22. The van der Waals surface area contributed by atoms with Crippen LogP contribution in [0.25, 0.3) is 0 Å². The molecule has 6 nitrogen and oxygen atoms in total. The van der Waals surface area contributed by atoms with Gasteiger partial charge in [0.1, 0.15) is 10.9 Å². The highest BCUT2D eigenvalue weighted by Crippen LogP contribution is 2.59. The number of halogens is 2. The van der Waals surface area contributed by atoms with E-state index in [0.717, 1.165) is 34.4 Å². The molecule has 0 saturated heterocycles. The summed E-state index contributed by atoms with van der Waals surface area (Å²) in [6, 6.07) is 12.9. The Hall–Kier alpha value is -2.12. The third-order valence-corrected chi connectivity index (χ3v) is 6.21. The first-order valence-electron chi connectivity index (χ1n) is 9.88. The summed E-state index contributed by atoms with van der Waals surface area (Å²) in [6.45, 7) is 4.01. The maximum atomic E-state index is 12.2. The fourth-order valence-electron chi connectivity index (χ4n) is 3.47. The van der Waals surface area contributed by atoms with Crippen LogP contribution in [0.2, 0.25) is 0 Å². The molecule has 166 valence electrons. The Bertz CT molecular complexity index is 978. The van der Waals surface area contributed by atoms with Gasteiger partial charge in [0.2, 0.25) is 0 Å². The summed E-state index contributed by atoms with van der Waals surface area (Å²) in [5, 5.41) is 4.28. The molecule has 1 fully saturated rings. The molecule has 0 aliphatic heterocycles. The number of nitrogens with one attached hydrogen (secondary N) is 1. The number of rotatable bonds is 9. The summed E-state index contributed by atoms with van der Waals surface area (Å²) in [6.07, 6.45) is 0.749. The number of carbonyl (C=O) groups excluding carboxylic acids is 1. The van der Waals surface area contributed by atoms with Crippen molar-refractivity contribution in [3.63, 3.8) is 0 Å². The lowest BCUT2D eigenvalue weighted by atomic mass is 9.97. The lowest BCUT2D eigenvalue weighted by Gasteiger charge is -2.19. The van der Waals surface area contributed by atoms with Gasteiger partial charge in [0.05, 0.1) is 19.9 Å². The summed E-state index contributed by atoms with van der Waals surface area (Å²) in [4.78, 5) is 22.9. The topological polar surface area (TPSA) is 69.2 Å². The molecular weight excluding hydrogens is 439 g/mol. The summed E-state index contributed by atoms with van der Waals surface area (Å²) in [5.41, 5.74) is 7.94. The average Bonchev–Trinajstić information content (AvgIpc) is 3.40. The second kappa shape index (κ2) is 10.0. The number of hydrogen-bond acceptors (Lipinski definition) is 6. The van der Waals surface area contributed by atoms with E-state index >= 15 is 0 Å². The Kier molecular flexibility index (Phi) is 7.59. The van der Waals surface area contributed by atoms with Crippen molar-refractivity contribution in [2.45, 2.75) is 43.2 Å². The van der Waals surface area contributed by atoms with Gasteiger partial charge in [-0.1, -0.05) is 41.6 Å². The van der Waals surface area contributed by atoms with Crippen molar-refractivity contribution in [1.82, 2.24) is 5.48 Å². The van der Waals surface area contributed by atoms with E-state index in [0.29, 0.717) is 5.56 Å². The van der Waals surface area contributed by atoms with Gasteiger partial charge in [-0.05, 0) is 48.6 Å². The normalized spacial score (nSPS) is 18.4. The van der Waals surface area contributed by atoms with E-state index in [1.807, 2.05) is 56.3 Å². The molecule has 2 aromatic rings. The Balaban J connectivity index is 1.76. The monoisotopic (exact) mass is 464 g/mol. The standard InChI is InChI=1S/C23H26Cl2N2O4/c1-14-7-5-10-18(21(27-30-4)22(28)29-3)19(14)13-31-26-15(2)16-8-6-9-17(11-16)20-12-23(20,24)25/h5-11,20-21,27H,12-13H2,1-4H3/b26-15+. The number of carbonyl (C=O) groups is 1. The zero-order chi connectivity index (χ0) is 22.6. The smallest absolute Gasteiger partial charge is 0.329 e. The molecule has 31 heavy (non-hydrogen) atoms. The molecule has 2 atom stereocenters. The highest BCUT2D eigenvalue weighted by Gasteiger charge is 2.52. The maximum absolute atomic E-state index is 12.2. The van der Waals surface area contributed by atoms with Crippen molar-refractivity contribution in [3.05, 3.63) is 70.3 Å². The number of alkyl halides is 2. The van der Waals surface area contributed by atoms with Crippen LogP contribution >= 0.6 is 23.2 Å². The van der Waals surface area contributed by atoms with Crippen LogP contribution in [0.5, 0.6) is 0 Å². The van der Waals surface area contributed by atoms with E-state index in [9.17, 15) is 4.79 Å². The zero-order valence-corrected chi connectivity index (χ0v) is 19.5. The van der Waals surface area contributed by atoms with Crippen LogP contribution in [-0.4, -0.2) is 30.2 Å². The van der Waals surface area contributed by atoms with Gasteiger partial charge in [0.15, 0.2) is 6.04 Å². The molecule has 0 heterocycles. The molecule has 2 unspecified atom stereocenters. The van der Waals surface area contributed by atoms with Gasteiger partial charge in [-0.15, -0.1) is 23.2 Å². The van der Waals surface area contributed by atoms with E-state index in [1.165, 1.54) is 14.2 Å². The summed E-state index contributed by atoms with van der Waals surface area (Å²) in [5.74, 6) is -0.317. The van der Waals surface area contributed by atoms with Crippen LogP contribution < -0.4 is 5.48 Å². The highest BCUT2D eigenvalue weighted by atomic mass is 35.5. The van der Waals surface area contributed by atoms with Gasteiger partial charge in [-0.25, -0.2) is 4.79 Å². The molecule has 0 amide bonds. The van der Waals surface area contributed by atoms with Crippen LogP contribution in [0.1, 0.15) is 53.1 Å². The van der Waals surface area contributed by atoms with Crippen molar-refractivity contribution < 1.29 is 19.2 Å². The van der Waals surface area contributed by atoms with Crippen molar-refractivity contribution in [2.75, 3.05) is 14.2 Å². The van der Waals surface area contributed by atoms with E-state index in [4.69, 9.17) is 37.6 Å². The van der Waals surface area contributed by atoms with Crippen LogP contribution in [0.3, 0.4) is 0 Å². The number of hydrogen-bond donors (Lipinski definition) is 1. The fraction of sp³-hybridized carbons (Fsp3) is 0.391. The minimum Gasteiger partial charge on any atom is -0.468 e. The maximum Gasteiger partial charge on any atom is 0.329 e. The number of aryl methyl sites for hydroxylation is 1. The summed E-state index contributed by atoms with van der Waals surface area (Å²) in [7, 11) is 2.78. The van der Waals surface area contributed by atoms with Gasteiger partial charge in [-0.3, -0.25) is 0 Å². The SMILES string of the molecule is CONC(C(=O)OC)c1cccc(C)c1CO/N=C(\C)c1cccc(C2CC2(Cl)Cl)c1. The second-order valence-electron chi connectivity index (χ2n) is 7.51. The molecule has 1 aliphatic rings. The van der Waals surface area contributed by atoms with Crippen molar-refractivity contribution in [2.24, 2.45) is 5.16 Å². The van der Waals surface area contributed by atoms with E-state index in [1.54, 1.807) is 0 Å². The van der Waals surface area contributed by atoms with Gasteiger partial charge in [0, 0.05) is 11.5 Å². The Labute approximate surface area is 192 Å².